The molecule has 1 aliphatic heterocycles. The molecule has 2 fully saturated rings. The minimum Gasteiger partial charge on any atom is -0.392 e. The van der Waals surface area contributed by atoms with Crippen LogP contribution in [0.1, 0.15) is 64.5 Å². The second-order valence-electron chi connectivity index (χ2n) is 13.9. The first kappa shape index (κ1) is 34.5. The van der Waals surface area contributed by atoms with Gasteiger partial charge in [-0.3, -0.25) is 24.3 Å². The number of aryl methyl sites for hydroxylation is 1. The average Bonchev–Trinajstić information content (AvgIpc) is 3.32. The summed E-state index contributed by atoms with van der Waals surface area (Å²) in [4.78, 5) is 48.1. The fourth-order valence-corrected chi connectivity index (χ4v) is 6.47. The molecule has 2 aliphatic rings. The van der Waals surface area contributed by atoms with E-state index in [9.17, 15) is 24.6 Å². The van der Waals surface area contributed by atoms with Crippen molar-refractivity contribution < 1.29 is 24.6 Å². The minimum absolute atomic E-state index is 0.0180. The number of hydrogen-bond acceptors (Lipinski definition) is 7. The summed E-state index contributed by atoms with van der Waals surface area (Å²) < 4.78 is 0. The molecule has 0 spiro atoms. The molecule has 0 radical (unpaired) electrons. The highest BCUT2D eigenvalue weighted by Crippen LogP contribution is 2.27. The van der Waals surface area contributed by atoms with Crippen LogP contribution in [0.3, 0.4) is 0 Å². The Bertz CT molecular complexity index is 1240. The molecule has 10 nitrogen and oxygen atoms in total. The van der Waals surface area contributed by atoms with Crippen molar-refractivity contribution >= 4 is 17.7 Å². The molecule has 2 aromatic rings. The van der Waals surface area contributed by atoms with Crippen LogP contribution in [0.2, 0.25) is 0 Å². The Morgan fingerprint density at radius 2 is 1.78 bits per heavy atom. The lowest BCUT2D eigenvalue weighted by Crippen LogP contribution is -2.63. The Hall–Kier alpha value is -3.34. The first-order valence-electron chi connectivity index (χ1n) is 16.3. The normalized spacial score (nSPS) is 23.7. The monoisotopic (exact) mass is 621 g/mol. The number of carbonyl (C=O) groups is 3. The van der Waals surface area contributed by atoms with Crippen molar-refractivity contribution in [3.8, 4) is 0 Å². The molecule has 0 bridgehead atoms. The number of rotatable bonds is 12. The van der Waals surface area contributed by atoms with Gasteiger partial charge in [0.1, 0.15) is 6.04 Å². The molecule has 3 amide bonds. The lowest BCUT2D eigenvalue weighted by molar-refractivity contribution is -0.140. The van der Waals surface area contributed by atoms with Crippen LogP contribution in [0.4, 0.5) is 0 Å². The summed E-state index contributed by atoms with van der Waals surface area (Å²) >= 11 is 0. The van der Waals surface area contributed by atoms with Crippen LogP contribution in [0.25, 0.3) is 0 Å². The van der Waals surface area contributed by atoms with Gasteiger partial charge in [-0.2, -0.15) is 0 Å². The molecule has 1 saturated carbocycles. The molecule has 1 aromatic heterocycles. The number of nitrogens with zero attached hydrogens (tertiary/aromatic N) is 3. The number of aromatic nitrogens is 1. The van der Waals surface area contributed by atoms with Gasteiger partial charge in [0, 0.05) is 56.5 Å². The summed E-state index contributed by atoms with van der Waals surface area (Å²) in [6.45, 7) is 9.08. The van der Waals surface area contributed by atoms with Gasteiger partial charge in [-0.1, -0.05) is 43.3 Å². The smallest absolute Gasteiger partial charge is 0.239 e. The lowest BCUT2D eigenvalue weighted by atomic mass is 9.91. The van der Waals surface area contributed by atoms with E-state index in [0.717, 1.165) is 17.5 Å². The molecule has 4 N–H and O–H groups in total. The summed E-state index contributed by atoms with van der Waals surface area (Å²) in [5, 5.41) is 28.0. The van der Waals surface area contributed by atoms with E-state index in [1.165, 1.54) is 0 Å². The molecule has 45 heavy (non-hydrogen) atoms. The van der Waals surface area contributed by atoms with Gasteiger partial charge in [0.2, 0.25) is 17.7 Å². The molecule has 4 rings (SSSR count). The quantitative estimate of drug-likeness (QED) is 0.286. The van der Waals surface area contributed by atoms with Gasteiger partial charge in [0.25, 0.3) is 0 Å². The number of pyridine rings is 1. The van der Waals surface area contributed by atoms with Crippen molar-refractivity contribution in [2.75, 3.05) is 26.2 Å². The molecule has 246 valence electrons. The van der Waals surface area contributed by atoms with E-state index < -0.39 is 29.7 Å². The van der Waals surface area contributed by atoms with Crippen molar-refractivity contribution in [3.05, 3.63) is 66.0 Å². The molecule has 2 heterocycles. The second-order valence-corrected chi connectivity index (χ2v) is 13.9. The Labute approximate surface area is 267 Å². The number of nitrogens with one attached hydrogen (secondary N) is 2. The number of hydrogen-bond donors (Lipinski definition) is 4. The highest BCUT2D eigenvalue weighted by molar-refractivity contribution is 5.84. The van der Waals surface area contributed by atoms with Crippen LogP contribution >= 0.6 is 0 Å². The van der Waals surface area contributed by atoms with Crippen LogP contribution in [0.5, 0.6) is 0 Å². The van der Waals surface area contributed by atoms with Gasteiger partial charge in [-0.15, -0.1) is 0 Å². The minimum atomic E-state index is -0.881. The topological polar surface area (TPSA) is 135 Å². The predicted molar refractivity (Wildman–Crippen MR) is 173 cm³/mol. The van der Waals surface area contributed by atoms with Crippen LogP contribution < -0.4 is 10.6 Å². The molecule has 1 aliphatic carbocycles. The van der Waals surface area contributed by atoms with E-state index in [2.05, 4.69) is 15.6 Å². The van der Waals surface area contributed by atoms with Gasteiger partial charge < -0.3 is 25.7 Å². The van der Waals surface area contributed by atoms with Gasteiger partial charge in [-0.25, -0.2) is 0 Å². The third kappa shape index (κ3) is 10.3. The van der Waals surface area contributed by atoms with Crippen molar-refractivity contribution in [1.29, 1.82) is 0 Å². The molecule has 10 heteroatoms. The first-order chi connectivity index (χ1) is 21.4. The van der Waals surface area contributed by atoms with Gasteiger partial charge in [-0.05, 0) is 76.0 Å². The molecular weight excluding hydrogens is 570 g/mol. The lowest BCUT2D eigenvalue weighted by Gasteiger charge is -2.42. The largest absolute Gasteiger partial charge is 0.392 e. The fraction of sp³-hybridized carbons (Fsp3) is 0.600. The molecule has 1 aromatic carbocycles. The molecule has 6 atom stereocenters. The van der Waals surface area contributed by atoms with Crippen molar-refractivity contribution in [3.63, 3.8) is 0 Å². The van der Waals surface area contributed by atoms with E-state index in [1.54, 1.807) is 17.3 Å². The highest BCUT2D eigenvalue weighted by Gasteiger charge is 2.38. The Morgan fingerprint density at radius 1 is 1.04 bits per heavy atom. The number of piperazine rings is 1. The van der Waals surface area contributed by atoms with Crippen LogP contribution in [-0.2, 0) is 27.2 Å². The Morgan fingerprint density at radius 3 is 2.42 bits per heavy atom. The molecular formula is C35H51N5O5. The van der Waals surface area contributed by atoms with E-state index in [4.69, 9.17) is 0 Å². The van der Waals surface area contributed by atoms with Crippen molar-refractivity contribution in [2.45, 2.75) is 96.1 Å². The predicted octanol–water partition coefficient (Wildman–Crippen LogP) is 2.33. The summed E-state index contributed by atoms with van der Waals surface area (Å²) in [5.74, 6) is -0.726. The zero-order valence-electron chi connectivity index (χ0n) is 27.2. The SMILES string of the molecule is C[C@H]1CC[C@@H](O)[C@H]1NC(=O)[C@H](Cc1ccccc1)C[C@H](O)CN1CCN(C(=O)CCc2cccnc2)C[C@H]1C(=O)NC(C)(C)C. The maximum absolute atomic E-state index is 13.6. The number of carbonyl (C=O) groups excluding carboxylic acids is 3. The zero-order valence-corrected chi connectivity index (χ0v) is 27.2. The number of β-amino-alcohol motifs (C(OH)–C–C–N with tert-alkyl or cyclic N) is 1. The number of amides is 3. The Balaban J connectivity index is 1.43. The maximum Gasteiger partial charge on any atom is 0.239 e. The van der Waals surface area contributed by atoms with E-state index in [0.29, 0.717) is 38.8 Å². The van der Waals surface area contributed by atoms with Crippen molar-refractivity contribution in [1.82, 2.24) is 25.4 Å². The number of benzene rings is 1. The van der Waals surface area contributed by atoms with Crippen LogP contribution in [0.15, 0.2) is 54.9 Å². The zero-order chi connectivity index (χ0) is 32.6. The maximum atomic E-state index is 13.6. The highest BCUT2D eigenvalue weighted by atomic mass is 16.3. The Kier molecular flexibility index (Phi) is 12.1. The second kappa shape index (κ2) is 15.8. The first-order valence-corrected chi connectivity index (χ1v) is 16.3. The standard InChI is InChI=1S/C35H51N5O5/c1-24-12-14-30(42)32(24)37-33(44)27(19-25-9-6-5-7-10-25)20-28(41)22-39-17-18-40(23-29(39)34(45)38-35(2,3)4)31(43)15-13-26-11-8-16-36-21-26/h5-11,16,21,24,27-30,32,41-42H,12-15,17-20,22-23H2,1-4H3,(H,37,44)(H,38,45)/t24-,27+,28-,29-,30+,32-/m0/s1. The summed E-state index contributed by atoms with van der Waals surface area (Å²) in [6, 6.07) is 12.6. The molecule has 0 unspecified atom stereocenters. The summed E-state index contributed by atoms with van der Waals surface area (Å²) in [6.07, 6.45) is 5.08. The summed E-state index contributed by atoms with van der Waals surface area (Å²) in [5.41, 5.74) is 1.51. The fourth-order valence-electron chi connectivity index (χ4n) is 6.47. The third-order valence-corrected chi connectivity index (χ3v) is 8.95. The van der Waals surface area contributed by atoms with Crippen molar-refractivity contribution in [2.24, 2.45) is 11.8 Å². The third-order valence-electron chi connectivity index (χ3n) is 8.95. The van der Waals surface area contributed by atoms with Gasteiger partial charge in [0.15, 0.2) is 0 Å². The van der Waals surface area contributed by atoms with Crippen LogP contribution in [-0.4, -0.2) is 98.7 Å². The number of aliphatic hydroxyl groups excluding tert-OH is 2. The average molecular weight is 622 g/mol. The summed E-state index contributed by atoms with van der Waals surface area (Å²) in [7, 11) is 0. The molecule has 1 saturated heterocycles. The van der Waals surface area contributed by atoms with Gasteiger partial charge in [0.05, 0.1) is 18.2 Å². The van der Waals surface area contributed by atoms with Gasteiger partial charge >= 0.3 is 0 Å². The van der Waals surface area contributed by atoms with E-state index >= 15 is 0 Å². The van der Waals surface area contributed by atoms with E-state index in [-0.39, 0.29) is 49.2 Å². The van der Waals surface area contributed by atoms with Crippen LogP contribution in [0, 0.1) is 11.8 Å². The van der Waals surface area contributed by atoms with E-state index in [1.807, 2.05) is 75.1 Å². The number of aliphatic hydroxyl groups is 2.